The average molecular weight is 583 g/mol. The number of hydrogen-bond acceptors (Lipinski definition) is 10. The van der Waals surface area contributed by atoms with E-state index in [1.165, 1.54) is 33.7 Å². The van der Waals surface area contributed by atoms with Gasteiger partial charge in [0.25, 0.3) is 0 Å². The Morgan fingerprint density at radius 3 is 2.24 bits per heavy atom. The van der Waals surface area contributed by atoms with Gasteiger partial charge in [0.05, 0.1) is 11.3 Å². The SMILES string of the molecule is CN(C)c1cccc2c(S(=O)(=O)NCCNC(=O)CCSSCCC(=O)On3c(O)ccc3O)cccc12. The van der Waals surface area contributed by atoms with Crippen molar-refractivity contribution in [3.8, 4) is 11.8 Å². The molecule has 1 heterocycles. The van der Waals surface area contributed by atoms with E-state index in [1.807, 2.05) is 37.2 Å². The second kappa shape index (κ2) is 13.6. The monoisotopic (exact) mass is 582 g/mol. The van der Waals surface area contributed by atoms with Crippen LogP contribution in [-0.4, -0.2) is 73.9 Å². The Hall–Kier alpha value is -3.07. The fraction of sp³-hybridized carbons (Fsp3) is 0.333. The number of carbonyl (C=O) groups is 2. The molecule has 0 saturated heterocycles. The van der Waals surface area contributed by atoms with Gasteiger partial charge in [0.15, 0.2) is 0 Å². The molecular weight excluding hydrogens is 552 g/mol. The van der Waals surface area contributed by atoms with Crippen molar-refractivity contribution < 1.29 is 33.1 Å². The van der Waals surface area contributed by atoms with E-state index in [-0.39, 0.29) is 48.5 Å². The third-order valence-electron chi connectivity index (χ3n) is 5.25. The molecule has 4 N–H and O–H groups in total. The largest absolute Gasteiger partial charge is 0.492 e. The number of aromatic nitrogens is 1. The van der Waals surface area contributed by atoms with Gasteiger partial charge in [-0.05, 0) is 12.1 Å². The summed E-state index contributed by atoms with van der Waals surface area (Å²) < 4.78 is 29.0. The van der Waals surface area contributed by atoms with Gasteiger partial charge in [-0.15, -0.1) is 4.73 Å². The van der Waals surface area contributed by atoms with Crippen LogP contribution in [0.2, 0.25) is 0 Å². The summed E-state index contributed by atoms with van der Waals surface area (Å²) in [5.41, 5.74) is 0.917. The summed E-state index contributed by atoms with van der Waals surface area (Å²) in [6.07, 6.45) is 0.283. The molecule has 0 atom stereocenters. The zero-order chi connectivity index (χ0) is 27.7. The van der Waals surface area contributed by atoms with Gasteiger partial charge in [-0.2, -0.15) is 0 Å². The lowest BCUT2D eigenvalue weighted by atomic mass is 10.1. The number of nitrogens with zero attached hydrogens (tertiary/aromatic N) is 2. The molecule has 38 heavy (non-hydrogen) atoms. The summed E-state index contributed by atoms with van der Waals surface area (Å²) in [6, 6.07) is 13.1. The van der Waals surface area contributed by atoms with Crippen molar-refractivity contribution >= 4 is 59.9 Å². The summed E-state index contributed by atoms with van der Waals surface area (Å²) in [5, 5.41) is 23.1. The number of amides is 1. The normalized spacial score (nSPS) is 11.4. The Bertz CT molecular complexity index is 1360. The first-order valence-electron chi connectivity index (χ1n) is 11.6. The Balaban J connectivity index is 1.33. The Morgan fingerprint density at radius 2 is 1.55 bits per heavy atom. The Morgan fingerprint density at radius 1 is 0.921 bits per heavy atom. The van der Waals surface area contributed by atoms with Crippen molar-refractivity contribution in [1.29, 1.82) is 0 Å². The maximum Gasteiger partial charge on any atom is 0.334 e. The lowest BCUT2D eigenvalue weighted by molar-refractivity contribution is -0.144. The van der Waals surface area contributed by atoms with Crippen LogP contribution in [0.5, 0.6) is 11.8 Å². The van der Waals surface area contributed by atoms with E-state index in [0.29, 0.717) is 21.6 Å². The molecule has 0 aliphatic rings. The summed E-state index contributed by atoms with van der Waals surface area (Å²) >= 11 is 0. The van der Waals surface area contributed by atoms with Crippen molar-refractivity contribution in [2.45, 2.75) is 17.7 Å². The Kier molecular flexibility index (Phi) is 10.6. The molecule has 1 aromatic heterocycles. The van der Waals surface area contributed by atoms with E-state index in [0.717, 1.165) is 11.1 Å². The smallest absolute Gasteiger partial charge is 0.334 e. The van der Waals surface area contributed by atoms with Crippen molar-refractivity contribution in [3.05, 3.63) is 48.5 Å². The highest BCUT2D eigenvalue weighted by Gasteiger charge is 2.18. The van der Waals surface area contributed by atoms with Crippen LogP contribution < -0.4 is 19.8 Å². The van der Waals surface area contributed by atoms with Crippen LogP contribution in [0.25, 0.3) is 10.8 Å². The molecule has 3 aromatic rings. The molecule has 14 heteroatoms. The highest BCUT2D eigenvalue weighted by atomic mass is 33.1. The second-order valence-electron chi connectivity index (χ2n) is 8.22. The van der Waals surface area contributed by atoms with Gasteiger partial charge in [-0.25, -0.2) is 17.9 Å². The topological polar surface area (TPSA) is 150 Å². The maximum atomic E-state index is 12.9. The quantitative estimate of drug-likeness (QED) is 0.165. The first kappa shape index (κ1) is 29.5. The summed E-state index contributed by atoms with van der Waals surface area (Å²) in [4.78, 5) is 30.8. The number of aromatic hydroxyl groups is 2. The molecule has 2 aromatic carbocycles. The van der Waals surface area contributed by atoms with Gasteiger partial charge in [-0.3, -0.25) is 4.79 Å². The average Bonchev–Trinajstić information content (AvgIpc) is 3.19. The first-order valence-corrected chi connectivity index (χ1v) is 15.6. The van der Waals surface area contributed by atoms with Crippen LogP contribution in [0.15, 0.2) is 53.4 Å². The highest BCUT2D eigenvalue weighted by molar-refractivity contribution is 8.76. The molecule has 0 unspecified atom stereocenters. The lowest BCUT2D eigenvalue weighted by Gasteiger charge is -2.17. The number of hydrogen-bond donors (Lipinski definition) is 4. The minimum Gasteiger partial charge on any atom is -0.492 e. The molecular formula is C24H30N4O7S3. The third kappa shape index (κ3) is 7.96. The molecule has 0 aliphatic heterocycles. The number of anilines is 1. The second-order valence-corrected chi connectivity index (χ2v) is 12.7. The van der Waals surface area contributed by atoms with Gasteiger partial charge in [-0.1, -0.05) is 45.9 Å². The van der Waals surface area contributed by atoms with E-state index in [4.69, 9.17) is 4.84 Å². The molecule has 0 radical (unpaired) electrons. The zero-order valence-electron chi connectivity index (χ0n) is 20.9. The predicted octanol–water partition coefficient (Wildman–Crippen LogP) is 2.33. The number of fused-ring (bicyclic) bond motifs is 1. The van der Waals surface area contributed by atoms with E-state index >= 15 is 0 Å². The predicted molar refractivity (Wildman–Crippen MR) is 150 cm³/mol. The van der Waals surface area contributed by atoms with Crippen LogP contribution in [0, 0.1) is 0 Å². The zero-order valence-corrected chi connectivity index (χ0v) is 23.4. The van der Waals surface area contributed by atoms with Crippen molar-refractivity contribution in [1.82, 2.24) is 14.8 Å². The summed E-state index contributed by atoms with van der Waals surface area (Å²) in [5.74, 6) is -0.689. The number of benzene rings is 2. The fourth-order valence-electron chi connectivity index (χ4n) is 3.46. The molecule has 0 fully saturated rings. The number of nitrogens with one attached hydrogen (secondary N) is 2. The first-order chi connectivity index (χ1) is 18.1. The van der Waals surface area contributed by atoms with E-state index in [1.54, 1.807) is 18.2 Å². The molecule has 0 spiro atoms. The molecule has 11 nitrogen and oxygen atoms in total. The highest BCUT2D eigenvalue weighted by Crippen LogP contribution is 2.30. The standard InChI is InChI=1S/C24H30N4O7S3/c1-27(2)19-7-3-6-18-17(19)5-4-8-20(18)38(33,34)26-14-13-25-21(29)11-15-36-37-16-12-24(32)35-28-22(30)9-10-23(28)31/h3-10,26,30-31H,11-16H2,1-2H3,(H,25,29). The third-order valence-corrected chi connectivity index (χ3v) is 9.17. The van der Waals surface area contributed by atoms with Crippen molar-refractivity contribution in [3.63, 3.8) is 0 Å². The molecule has 1 amide bonds. The number of sulfonamides is 1. The molecule has 0 aliphatic carbocycles. The minimum absolute atomic E-state index is 0.0498. The van der Waals surface area contributed by atoms with Crippen LogP contribution in [0.4, 0.5) is 5.69 Å². The van der Waals surface area contributed by atoms with Crippen LogP contribution in [0.3, 0.4) is 0 Å². The Labute approximate surface area is 228 Å². The van der Waals surface area contributed by atoms with Crippen LogP contribution in [-0.2, 0) is 19.6 Å². The van der Waals surface area contributed by atoms with Crippen LogP contribution >= 0.6 is 21.6 Å². The van der Waals surface area contributed by atoms with Gasteiger partial charge in [0.1, 0.15) is 0 Å². The van der Waals surface area contributed by atoms with Crippen LogP contribution in [0.1, 0.15) is 12.8 Å². The molecule has 0 bridgehead atoms. The summed E-state index contributed by atoms with van der Waals surface area (Å²) in [7, 11) is 2.82. The van der Waals surface area contributed by atoms with Gasteiger partial charge >= 0.3 is 5.97 Å². The van der Waals surface area contributed by atoms with Gasteiger partial charge in [0, 0.05) is 73.7 Å². The molecule has 3 rings (SSSR count). The van der Waals surface area contributed by atoms with Gasteiger partial charge in [0.2, 0.25) is 27.7 Å². The van der Waals surface area contributed by atoms with Crippen molar-refractivity contribution in [2.24, 2.45) is 0 Å². The van der Waals surface area contributed by atoms with E-state index in [9.17, 15) is 28.2 Å². The summed E-state index contributed by atoms with van der Waals surface area (Å²) in [6.45, 7) is 0.197. The molecule has 206 valence electrons. The molecule has 0 saturated carbocycles. The maximum absolute atomic E-state index is 12.9. The minimum atomic E-state index is -3.78. The van der Waals surface area contributed by atoms with Crippen molar-refractivity contribution in [2.75, 3.05) is 43.6 Å². The lowest BCUT2D eigenvalue weighted by Crippen LogP contribution is -2.34. The fourth-order valence-corrected chi connectivity index (χ4v) is 6.68. The van der Waals surface area contributed by atoms with Gasteiger partial charge < -0.3 is 25.3 Å². The van der Waals surface area contributed by atoms with E-state index in [2.05, 4.69) is 10.0 Å². The number of carbonyl (C=O) groups excluding carboxylic acids is 2. The number of rotatable bonds is 14. The van der Waals surface area contributed by atoms with E-state index < -0.39 is 16.0 Å².